The molecule has 184 valence electrons. The number of pyridine rings is 2. The average Bonchev–Trinajstić information content (AvgIpc) is 3.18. The van der Waals surface area contributed by atoms with E-state index in [9.17, 15) is 14.7 Å². The summed E-state index contributed by atoms with van der Waals surface area (Å²) in [5.41, 5.74) is 4.06. The van der Waals surface area contributed by atoms with Gasteiger partial charge < -0.3 is 14.7 Å². The monoisotopic (exact) mass is 491 g/mol. The highest BCUT2D eigenvalue weighted by Gasteiger charge is 2.46. The Morgan fingerprint density at radius 3 is 2.32 bits per heavy atom. The number of likely N-dealkylation sites (tertiary alicyclic amines) is 1. The molecule has 0 saturated carbocycles. The maximum absolute atomic E-state index is 13.2. The molecule has 37 heavy (non-hydrogen) atoms. The molecule has 7 nitrogen and oxygen atoms in total. The van der Waals surface area contributed by atoms with Crippen molar-refractivity contribution in [3.63, 3.8) is 0 Å². The lowest BCUT2D eigenvalue weighted by Gasteiger charge is -2.25. The minimum atomic E-state index is -0.786. The van der Waals surface area contributed by atoms with Crippen molar-refractivity contribution in [1.29, 1.82) is 0 Å². The molecule has 5 rings (SSSR count). The van der Waals surface area contributed by atoms with Crippen LogP contribution < -0.4 is 4.74 Å². The van der Waals surface area contributed by atoms with Crippen LogP contribution in [0.1, 0.15) is 33.9 Å². The van der Waals surface area contributed by atoms with E-state index in [0.29, 0.717) is 23.5 Å². The van der Waals surface area contributed by atoms with E-state index in [-0.39, 0.29) is 17.9 Å². The summed E-state index contributed by atoms with van der Waals surface area (Å²) >= 11 is 0. The highest BCUT2D eigenvalue weighted by molar-refractivity contribution is 6.46. The number of ketones is 1. The van der Waals surface area contributed by atoms with Crippen LogP contribution in [0.25, 0.3) is 5.76 Å². The number of hydrogen-bond donors (Lipinski definition) is 1. The van der Waals surface area contributed by atoms with Crippen molar-refractivity contribution in [3.05, 3.63) is 131 Å². The molecule has 0 radical (unpaired) electrons. The van der Waals surface area contributed by atoms with Crippen molar-refractivity contribution in [1.82, 2.24) is 14.9 Å². The number of rotatable bonds is 7. The minimum absolute atomic E-state index is 0.0236. The van der Waals surface area contributed by atoms with Crippen molar-refractivity contribution in [2.24, 2.45) is 0 Å². The largest absolute Gasteiger partial charge is 0.507 e. The number of aromatic nitrogens is 2. The Bertz CT molecular complexity index is 1450. The van der Waals surface area contributed by atoms with Gasteiger partial charge in [-0.2, -0.15) is 0 Å². The molecule has 1 atom stereocenters. The van der Waals surface area contributed by atoms with Crippen LogP contribution in [0.4, 0.5) is 0 Å². The second-order valence-corrected chi connectivity index (χ2v) is 8.81. The van der Waals surface area contributed by atoms with Gasteiger partial charge in [0.15, 0.2) is 0 Å². The number of amides is 1. The fourth-order valence-electron chi connectivity index (χ4n) is 4.41. The first kappa shape index (κ1) is 23.9. The summed E-state index contributed by atoms with van der Waals surface area (Å²) in [6, 6.07) is 21.2. The molecule has 1 fully saturated rings. The standard InChI is InChI=1S/C30H25N3O4/c1-20-6-2-3-8-24(20)19-37-25-12-10-22(11-13-25)28(34)26-27(23-9-5-15-32-17-23)33(30(36)29(26)35)18-21-7-4-14-31-16-21/h2-17,27,34H,18-19H2,1H3. The van der Waals surface area contributed by atoms with Crippen molar-refractivity contribution in [2.45, 2.75) is 26.1 Å². The Labute approximate surface area is 214 Å². The zero-order valence-corrected chi connectivity index (χ0v) is 20.2. The van der Waals surface area contributed by atoms with Crippen LogP contribution in [0.15, 0.2) is 103 Å². The number of carbonyl (C=O) groups excluding carboxylic acids is 2. The van der Waals surface area contributed by atoms with E-state index in [1.54, 1.807) is 67.3 Å². The average molecular weight is 492 g/mol. The smallest absolute Gasteiger partial charge is 0.295 e. The fourth-order valence-corrected chi connectivity index (χ4v) is 4.41. The van der Waals surface area contributed by atoms with Gasteiger partial charge in [0.1, 0.15) is 18.1 Å². The molecule has 1 amide bonds. The van der Waals surface area contributed by atoms with Crippen molar-refractivity contribution < 1.29 is 19.4 Å². The molecule has 0 spiro atoms. The molecule has 1 aliphatic heterocycles. The third-order valence-corrected chi connectivity index (χ3v) is 6.40. The summed E-state index contributed by atoms with van der Waals surface area (Å²) in [4.78, 5) is 36.0. The Balaban J connectivity index is 1.46. The number of aryl methyl sites for hydroxylation is 1. The van der Waals surface area contributed by atoms with E-state index in [1.165, 1.54) is 4.90 Å². The van der Waals surface area contributed by atoms with Gasteiger partial charge in [0.2, 0.25) is 0 Å². The van der Waals surface area contributed by atoms with Gasteiger partial charge in [0, 0.05) is 36.9 Å². The number of ether oxygens (including phenoxy) is 1. The number of nitrogens with zero attached hydrogens (tertiary/aromatic N) is 3. The second-order valence-electron chi connectivity index (χ2n) is 8.81. The molecular weight excluding hydrogens is 466 g/mol. The maximum Gasteiger partial charge on any atom is 0.295 e. The second kappa shape index (κ2) is 10.5. The minimum Gasteiger partial charge on any atom is -0.507 e. The third-order valence-electron chi connectivity index (χ3n) is 6.40. The van der Waals surface area contributed by atoms with E-state index in [0.717, 1.165) is 16.7 Å². The highest BCUT2D eigenvalue weighted by Crippen LogP contribution is 2.40. The summed E-state index contributed by atoms with van der Waals surface area (Å²) in [5, 5.41) is 11.3. The zero-order valence-electron chi connectivity index (χ0n) is 20.2. The molecule has 2 aromatic heterocycles. The van der Waals surface area contributed by atoms with Crippen LogP contribution in [-0.4, -0.2) is 31.7 Å². The molecule has 0 bridgehead atoms. The molecule has 1 aliphatic rings. The molecule has 1 N–H and O–H groups in total. The molecule has 1 unspecified atom stereocenters. The molecule has 1 saturated heterocycles. The molecule has 2 aromatic carbocycles. The van der Waals surface area contributed by atoms with Crippen molar-refractivity contribution in [2.75, 3.05) is 0 Å². The van der Waals surface area contributed by atoms with Gasteiger partial charge in [-0.3, -0.25) is 19.6 Å². The van der Waals surface area contributed by atoms with Crippen molar-refractivity contribution in [3.8, 4) is 5.75 Å². The van der Waals surface area contributed by atoms with Crippen LogP contribution in [0.3, 0.4) is 0 Å². The molecule has 4 aromatic rings. The lowest BCUT2D eigenvalue weighted by Crippen LogP contribution is -2.29. The van der Waals surface area contributed by atoms with Gasteiger partial charge >= 0.3 is 0 Å². The Hall–Kier alpha value is -4.78. The summed E-state index contributed by atoms with van der Waals surface area (Å²) in [6.45, 7) is 2.61. The van der Waals surface area contributed by atoms with Gasteiger partial charge in [-0.15, -0.1) is 0 Å². The van der Waals surface area contributed by atoms with Crippen LogP contribution in [0.5, 0.6) is 5.75 Å². The van der Waals surface area contributed by atoms with E-state index >= 15 is 0 Å². The molecule has 0 aliphatic carbocycles. The summed E-state index contributed by atoms with van der Waals surface area (Å²) in [5.74, 6) is -1.04. The Kier molecular flexibility index (Phi) is 6.76. The lowest BCUT2D eigenvalue weighted by atomic mass is 9.96. The predicted octanol–water partition coefficient (Wildman–Crippen LogP) is 4.99. The van der Waals surface area contributed by atoms with E-state index in [4.69, 9.17) is 4.74 Å². The number of benzene rings is 2. The summed E-state index contributed by atoms with van der Waals surface area (Å²) in [7, 11) is 0. The fraction of sp³-hybridized carbons (Fsp3) is 0.133. The molecular formula is C30H25N3O4. The number of aliphatic hydroxyl groups is 1. The van der Waals surface area contributed by atoms with E-state index in [2.05, 4.69) is 9.97 Å². The maximum atomic E-state index is 13.2. The van der Waals surface area contributed by atoms with Crippen LogP contribution in [-0.2, 0) is 22.7 Å². The topological polar surface area (TPSA) is 92.6 Å². The van der Waals surface area contributed by atoms with E-state index in [1.807, 2.05) is 37.3 Å². The first-order valence-electron chi connectivity index (χ1n) is 11.9. The number of hydrogen-bond acceptors (Lipinski definition) is 6. The van der Waals surface area contributed by atoms with Gasteiger partial charge in [0.25, 0.3) is 11.7 Å². The van der Waals surface area contributed by atoms with Crippen LogP contribution >= 0.6 is 0 Å². The number of carbonyl (C=O) groups is 2. The number of Topliss-reactive ketones (excluding diaryl/α,β-unsaturated/α-hetero) is 1. The first-order chi connectivity index (χ1) is 18.0. The van der Waals surface area contributed by atoms with Gasteiger partial charge in [-0.1, -0.05) is 36.4 Å². The molecule has 3 heterocycles. The normalized spacial score (nSPS) is 16.7. The first-order valence-corrected chi connectivity index (χ1v) is 11.9. The quantitative estimate of drug-likeness (QED) is 0.223. The summed E-state index contributed by atoms with van der Waals surface area (Å²) < 4.78 is 5.90. The van der Waals surface area contributed by atoms with Gasteiger partial charge in [0.05, 0.1) is 11.6 Å². The van der Waals surface area contributed by atoms with Gasteiger partial charge in [-0.05, 0) is 65.6 Å². The Morgan fingerprint density at radius 1 is 0.919 bits per heavy atom. The zero-order chi connectivity index (χ0) is 25.8. The van der Waals surface area contributed by atoms with E-state index < -0.39 is 17.7 Å². The van der Waals surface area contributed by atoms with Crippen LogP contribution in [0, 0.1) is 6.92 Å². The third kappa shape index (κ3) is 4.97. The highest BCUT2D eigenvalue weighted by atomic mass is 16.5. The predicted molar refractivity (Wildman–Crippen MR) is 138 cm³/mol. The van der Waals surface area contributed by atoms with Crippen LogP contribution in [0.2, 0.25) is 0 Å². The lowest BCUT2D eigenvalue weighted by molar-refractivity contribution is -0.140. The number of aliphatic hydroxyl groups excluding tert-OH is 1. The molecule has 7 heteroatoms. The SMILES string of the molecule is Cc1ccccc1COc1ccc(C(O)=C2C(=O)C(=O)N(Cc3cccnc3)C2c2cccnc2)cc1. The van der Waals surface area contributed by atoms with Gasteiger partial charge in [-0.25, -0.2) is 0 Å². The Morgan fingerprint density at radius 2 is 1.65 bits per heavy atom. The summed E-state index contributed by atoms with van der Waals surface area (Å²) in [6.07, 6.45) is 6.51. The van der Waals surface area contributed by atoms with Crippen molar-refractivity contribution >= 4 is 17.4 Å².